The van der Waals surface area contributed by atoms with Crippen LogP contribution in [0.1, 0.15) is 37.7 Å². The van der Waals surface area contributed by atoms with Gasteiger partial charge in [0, 0.05) is 29.6 Å². The van der Waals surface area contributed by atoms with Gasteiger partial charge < -0.3 is 9.64 Å². The van der Waals surface area contributed by atoms with Gasteiger partial charge in [-0.25, -0.2) is 0 Å². The molecule has 2 bridgehead atoms. The molecule has 0 spiro atoms. The van der Waals surface area contributed by atoms with Crippen molar-refractivity contribution in [2.24, 2.45) is 5.92 Å². The topological polar surface area (TPSA) is 12.5 Å². The van der Waals surface area contributed by atoms with Crippen LogP contribution in [0.15, 0.2) is 24.3 Å². The van der Waals surface area contributed by atoms with Gasteiger partial charge in [0.1, 0.15) is 0 Å². The molecule has 0 radical (unpaired) electrons. The Balaban J connectivity index is 1.85. The number of halogens is 1. The van der Waals surface area contributed by atoms with Crippen molar-refractivity contribution in [3.8, 4) is 0 Å². The third-order valence-corrected chi connectivity index (χ3v) is 5.50. The molecule has 1 aromatic rings. The van der Waals surface area contributed by atoms with E-state index in [9.17, 15) is 0 Å². The van der Waals surface area contributed by atoms with Crippen molar-refractivity contribution in [1.29, 1.82) is 0 Å². The summed E-state index contributed by atoms with van der Waals surface area (Å²) in [5, 5.41) is 0.825. The largest absolute Gasteiger partial charge is 0.381 e. The Kier molecular flexibility index (Phi) is 4.34. The lowest BCUT2D eigenvalue weighted by Crippen LogP contribution is -2.47. The Morgan fingerprint density at radius 2 is 2.00 bits per heavy atom. The second-order valence-electron chi connectivity index (χ2n) is 6.18. The van der Waals surface area contributed by atoms with Gasteiger partial charge in [-0.2, -0.15) is 0 Å². The van der Waals surface area contributed by atoms with Crippen LogP contribution in [-0.4, -0.2) is 37.2 Å². The van der Waals surface area contributed by atoms with Crippen LogP contribution in [0.25, 0.3) is 0 Å². The molecule has 0 saturated carbocycles. The number of fused-ring (bicyclic) bond motifs is 2. The molecule has 2 fully saturated rings. The highest BCUT2D eigenvalue weighted by molar-refractivity contribution is 6.30. The average Bonchev–Trinajstić information content (AvgIpc) is 2.71. The van der Waals surface area contributed by atoms with Crippen LogP contribution >= 0.6 is 11.6 Å². The van der Waals surface area contributed by atoms with Crippen molar-refractivity contribution in [2.75, 3.05) is 20.3 Å². The molecule has 0 aromatic heterocycles. The van der Waals surface area contributed by atoms with Gasteiger partial charge in [0.15, 0.2) is 0 Å². The number of hydrogen-bond acceptors (Lipinski definition) is 2. The molecule has 0 aliphatic carbocycles. The Bertz CT molecular complexity index is 447. The van der Waals surface area contributed by atoms with Gasteiger partial charge in [0.25, 0.3) is 0 Å². The van der Waals surface area contributed by atoms with Crippen LogP contribution in [-0.2, 0) is 4.74 Å². The van der Waals surface area contributed by atoms with E-state index in [4.69, 9.17) is 16.3 Å². The fraction of sp³-hybridized carbons (Fsp3) is 0.647. The summed E-state index contributed by atoms with van der Waals surface area (Å²) in [7, 11) is 2.29. The second-order valence-corrected chi connectivity index (χ2v) is 6.62. The van der Waals surface area contributed by atoms with Crippen LogP contribution in [0.4, 0.5) is 0 Å². The molecular weight excluding hydrogens is 270 g/mol. The first-order valence-electron chi connectivity index (χ1n) is 7.76. The van der Waals surface area contributed by atoms with Crippen LogP contribution in [0.2, 0.25) is 5.02 Å². The minimum Gasteiger partial charge on any atom is -0.381 e. The fourth-order valence-corrected chi connectivity index (χ4v) is 4.28. The number of rotatable bonds is 4. The quantitative estimate of drug-likeness (QED) is 0.834. The number of piperidine rings is 1. The maximum atomic E-state index is 6.03. The molecule has 2 aliphatic heterocycles. The number of hydrogen-bond donors (Lipinski definition) is 0. The maximum Gasteiger partial charge on any atom is 0.0514 e. The van der Waals surface area contributed by atoms with Crippen LogP contribution in [0.5, 0.6) is 0 Å². The Morgan fingerprint density at radius 1 is 1.25 bits per heavy atom. The maximum absolute atomic E-state index is 6.03. The predicted octanol–water partition coefficient (Wildman–Crippen LogP) is 3.94. The number of nitrogens with zero attached hydrogens (tertiary/aromatic N) is 1. The highest BCUT2D eigenvalue weighted by Gasteiger charge is 2.45. The number of ether oxygens (including phenoxy) is 1. The van der Waals surface area contributed by atoms with Gasteiger partial charge in [0.2, 0.25) is 0 Å². The third-order valence-electron chi connectivity index (χ3n) is 5.24. The van der Waals surface area contributed by atoms with Gasteiger partial charge in [-0.3, -0.25) is 0 Å². The van der Waals surface area contributed by atoms with E-state index in [0.29, 0.717) is 17.9 Å². The van der Waals surface area contributed by atoms with E-state index in [0.717, 1.165) is 24.3 Å². The predicted molar refractivity (Wildman–Crippen MR) is 83.4 cm³/mol. The standard InChI is InChI=1S/C17H24ClNO/c1-3-20-11-16-15(12-4-6-13(18)7-5-12)10-14-8-9-17(16)19(14)2/h4-7,14-17H,3,8-11H2,1-2H3/t14-,15+,16+,17+/m1/s1. The third kappa shape index (κ3) is 2.61. The van der Waals surface area contributed by atoms with E-state index >= 15 is 0 Å². The molecule has 3 rings (SSSR count). The van der Waals surface area contributed by atoms with Crippen molar-refractivity contribution in [1.82, 2.24) is 4.90 Å². The van der Waals surface area contributed by atoms with E-state index < -0.39 is 0 Å². The Morgan fingerprint density at radius 3 is 2.70 bits per heavy atom. The van der Waals surface area contributed by atoms with Gasteiger partial charge >= 0.3 is 0 Å². The summed E-state index contributed by atoms with van der Waals surface area (Å²) in [6.07, 6.45) is 3.92. The van der Waals surface area contributed by atoms with E-state index in [-0.39, 0.29) is 0 Å². The lowest BCUT2D eigenvalue weighted by atomic mass is 9.76. The summed E-state index contributed by atoms with van der Waals surface area (Å²) < 4.78 is 5.79. The van der Waals surface area contributed by atoms with E-state index in [1.807, 2.05) is 12.1 Å². The van der Waals surface area contributed by atoms with E-state index in [2.05, 4.69) is 31.0 Å². The summed E-state index contributed by atoms with van der Waals surface area (Å²) in [5.41, 5.74) is 1.43. The molecule has 0 unspecified atom stereocenters. The highest BCUT2D eigenvalue weighted by Crippen LogP contribution is 2.46. The summed E-state index contributed by atoms with van der Waals surface area (Å²) >= 11 is 6.03. The summed E-state index contributed by atoms with van der Waals surface area (Å²) in [5.74, 6) is 1.23. The van der Waals surface area contributed by atoms with Crippen molar-refractivity contribution >= 4 is 11.6 Å². The van der Waals surface area contributed by atoms with Gasteiger partial charge in [0.05, 0.1) is 6.61 Å². The second kappa shape index (κ2) is 6.05. The van der Waals surface area contributed by atoms with E-state index in [1.54, 1.807) is 0 Å². The molecule has 0 amide bonds. The lowest BCUT2D eigenvalue weighted by molar-refractivity contribution is 0.0253. The first kappa shape index (κ1) is 14.4. The van der Waals surface area contributed by atoms with Crippen LogP contribution in [0.3, 0.4) is 0 Å². The van der Waals surface area contributed by atoms with Crippen molar-refractivity contribution < 1.29 is 4.74 Å². The molecule has 2 aliphatic rings. The van der Waals surface area contributed by atoms with Gasteiger partial charge in [-0.1, -0.05) is 23.7 Å². The van der Waals surface area contributed by atoms with Crippen molar-refractivity contribution in [3.05, 3.63) is 34.9 Å². The molecule has 110 valence electrons. The molecule has 2 nitrogen and oxygen atoms in total. The molecule has 4 atom stereocenters. The molecule has 3 heteroatoms. The normalized spacial score (nSPS) is 33.5. The summed E-state index contributed by atoms with van der Waals surface area (Å²) in [6, 6.07) is 9.89. The van der Waals surface area contributed by atoms with E-state index in [1.165, 1.54) is 24.8 Å². The monoisotopic (exact) mass is 293 g/mol. The lowest BCUT2D eigenvalue weighted by Gasteiger charge is -2.43. The molecule has 0 N–H and O–H groups in total. The zero-order valence-electron chi connectivity index (χ0n) is 12.4. The molecule has 1 aromatic carbocycles. The zero-order chi connectivity index (χ0) is 14.1. The molecule has 2 saturated heterocycles. The van der Waals surface area contributed by atoms with Gasteiger partial charge in [-0.05, 0) is 56.8 Å². The zero-order valence-corrected chi connectivity index (χ0v) is 13.1. The first-order valence-corrected chi connectivity index (χ1v) is 8.13. The summed E-state index contributed by atoms with van der Waals surface area (Å²) in [6.45, 7) is 3.77. The summed E-state index contributed by atoms with van der Waals surface area (Å²) in [4.78, 5) is 2.59. The van der Waals surface area contributed by atoms with Crippen molar-refractivity contribution in [2.45, 2.75) is 44.2 Å². The first-order chi connectivity index (χ1) is 9.70. The fourth-order valence-electron chi connectivity index (χ4n) is 4.15. The molecule has 20 heavy (non-hydrogen) atoms. The Hall–Kier alpha value is -0.570. The smallest absolute Gasteiger partial charge is 0.0514 e. The SMILES string of the molecule is CCOC[C@H]1[C@H](c2ccc(Cl)cc2)C[C@H]2CC[C@@H]1N2C. The highest BCUT2D eigenvalue weighted by atomic mass is 35.5. The average molecular weight is 294 g/mol. The van der Waals surface area contributed by atoms with Crippen LogP contribution < -0.4 is 0 Å². The van der Waals surface area contributed by atoms with Gasteiger partial charge in [-0.15, -0.1) is 0 Å². The van der Waals surface area contributed by atoms with Crippen LogP contribution in [0, 0.1) is 5.92 Å². The number of benzene rings is 1. The molecule has 2 heterocycles. The Labute approximate surface area is 127 Å². The molecular formula is C17H24ClNO. The minimum absolute atomic E-state index is 0.611. The minimum atomic E-state index is 0.611. The van der Waals surface area contributed by atoms with Crippen molar-refractivity contribution in [3.63, 3.8) is 0 Å².